The molecule has 444 valence electrons. The molecule has 0 spiro atoms. The van der Waals surface area contributed by atoms with Gasteiger partial charge in [-0.15, -0.1) is 0 Å². The van der Waals surface area contributed by atoms with Crippen molar-refractivity contribution in [3.63, 3.8) is 0 Å². The van der Waals surface area contributed by atoms with Gasteiger partial charge in [0.05, 0.1) is 34.4 Å². The van der Waals surface area contributed by atoms with Gasteiger partial charge < -0.3 is 28.5 Å². The van der Waals surface area contributed by atoms with Crippen molar-refractivity contribution >= 4 is 17.9 Å². The number of ether oxygens (including phenoxy) is 4. The first-order valence-electron chi connectivity index (χ1n) is 32.3. The van der Waals surface area contributed by atoms with E-state index in [2.05, 4.69) is 62.5 Å². The SMILES string of the molecule is CC/C=C\C/C=C\C/C=C\C/C=C\CCCCCCCCCCCCCCCCCCCCCCCCCCCCC(=O)OC(COC(=O)CCCCCCCCCCCCCC)COC(OCC[N+](C)(C)C)C(=O)O. The van der Waals surface area contributed by atoms with E-state index in [9.17, 15) is 19.5 Å². The summed E-state index contributed by atoms with van der Waals surface area (Å²) in [5.41, 5.74) is 0. The molecule has 0 fully saturated rings. The monoisotopic (exact) mass is 1070 g/mol. The molecule has 76 heavy (non-hydrogen) atoms. The van der Waals surface area contributed by atoms with Crippen LogP contribution in [0.5, 0.6) is 0 Å². The number of unbranched alkanes of at least 4 members (excludes halogenated alkanes) is 37. The molecule has 9 nitrogen and oxygen atoms in total. The summed E-state index contributed by atoms with van der Waals surface area (Å²) in [5, 5.41) is 9.69. The minimum absolute atomic E-state index is 0.176. The van der Waals surface area contributed by atoms with E-state index in [1.54, 1.807) is 0 Å². The fourth-order valence-corrected chi connectivity index (χ4v) is 9.42. The molecule has 0 heterocycles. The van der Waals surface area contributed by atoms with Gasteiger partial charge in [0, 0.05) is 12.8 Å². The molecule has 0 bridgehead atoms. The number of carboxylic acid groups (broad SMARTS) is 1. The van der Waals surface area contributed by atoms with Crippen LogP contribution < -0.4 is 0 Å². The van der Waals surface area contributed by atoms with Crippen LogP contribution in [0.15, 0.2) is 48.6 Å². The fourth-order valence-electron chi connectivity index (χ4n) is 9.42. The van der Waals surface area contributed by atoms with E-state index in [1.165, 1.54) is 212 Å². The molecule has 0 saturated carbocycles. The molecule has 9 heteroatoms. The number of aliphatic carboxylic acids is 1. The lowest BCUT2D eigenvalue weighted by atomic mass is 10.0. The first-order chi connectivity index (χ1) is 37.1. The molecule has 1 N–H and O–H groups in total. The van der Waals surface area contributed by atoms with Crippen LogP contribution in [0.3, 0.4) is 0 Å². The number of esters is 2. The molecule has 0 aromatic rings. The number of nitrogens with zero attached hydrogens (tertiary/aromatic N) is 1. The van der Waals surface area contributed by atoms with Crippen molar-refractivity contribution in [3.05, 3.63) is 48.6 Å². The van der Waals surface area contributed by atoms with Crippen molar-refractivity contribution in [2.24, 2.45) is 0 Å². The Morgan fingerprint density at radius 1 is 0.408 bits per heavy atom. The van der Waals surface area contributed by atoms with Crippen molar-refractivity contribution in [3.8, 4) is 0 Å². The summed E-state index contributed by atoms with van der Waals surface area (Å²) in [6.45, 7) is 4.80. The third-order valence-electron chi connectivity index (χ3n) is 14.3. The minimum Gasteiger partial charge on any atom is -0.477 e. The molecular weight excluding hydrogens is 947 g/mol. The Balaban J connectivity index is 3.90. The smallest absolute Gasteiger partial charge is 0.361 e. The second-order valence-electron chi connectivity index (χ2n) is 23.1. The van der Waals surface area contributed by atoms with Crippen LogP contribution in [0, 0.1) is 0 Å². The molecule has 0 aliphatic carbocycles. The number of carboxylic acids is 1. The maximum absolute atomic E-state index is 12.9. The van der Waals surface area contributed by atoms with Gasteiger partial charge in [0.2, 0.25) is 0 Å². The van der Waals surface area contributed by atoms with Gasteiger partial charge in [-0.2, -0.15) is 0 Å². The minimum atomic E-state index is -1.51. The molecule has 2 atom stereocenters. The summed E-state index contributed by atoms with van der Waals surface area (Å²) in [7, 11) is 5.98. The Kier molecular flexibility index (Phi) is 56.3. The summed E-state index contributed by atoms with van der Waals surface area (Å²) in [4.78, 5) is 37.4. The molecule has 0 saturated heterocycles. The number of carbonyl (C=O) groups is 3. The summed E-state index contributed by atoms with van der Waals surface area (Å²) in [5.74, 6) is -1.98. The van der Waals surface area contributed by atoms with Gasteiger partial charge in [0.1, 0.15) is 13.2 Å². The Bertz CT molecular complexity index is 1380. The van der Waals surface area contributed by atoms with Gasteiger partial charge in [0.25, 0.3) is 6.29 Å². The van der Waals surface area contributed by atoms with Crippen LogP contribution >= 0.6 is 0 Å². The van der Waals surface area contributed by atoms with E-state index in [4.69, 9.17) is 18.9 Å². The van der Waals surface area contributed by atoms with E-state index in [1.807, 2.05) is 21.1 Å². The van der Waals surface area contributed by atoms with E-state index >= 15 is 0 Å². The quantitative estimate of drug-likeness (QED) is 0.0211. The second-order valence-corrected chi connectivity index (χ2v) is 23.1. The van der Waals surface area contributed by atoms with Crippen LogP contribution in [-0.4, -0.2) is 87.4 Å². The molecule has 0 aliphatic rings. The first kappa shape index (κ1) is 73.2. The van der Waals surface area contributed by atoms with Crippen molar-refractivity contribution < 1.29 is 42.9 Å². The van der Waals surface area contributed by atoms with Crippen molar-refractivity contribution in [2.45, 2.75) is 315 Å². The standard InChI is InChI=1S/C67H123NO8/c1-6-8-10-12-14-16-18-20-21-22-23-24-25-26-27-28-29-30-31-32-33-34-35-36-37-38-39-40-41-42-43-44-45-46-48-50-52-54-56-58-65(70)76-63(62-75-67(66(71)72)73-60-59-68(3,4)5)61-74-64(69)57-55-53-51-49-47-19-17-15-13-11-9-7-2/h8,10,14,16,20-21,23-24,63,67H,6-7,9,11-13,15,17-19,22,25-62H2,1-5H3/p+1/b10-8-,16-14-,21-20-,24-23-. The molecule has 0 rings (SSSR count). The number of hydrogen-bond acceptors (Lipinski definition) is 7. The van der Waals surface area contributed by atoms with Crippen molar-refractivity contribution in [1.82, 2.24) is 0 Å². The van der Waals surface area contributed by atoms with Gasteiger partial charge in [-0.3, -0.25) is 9.59 Å². The van der Waals surface area contributed by atoms with Gasteiger partial charge in [-0.1, -0.05) is 287 Å². The normalized spacial score (nSPS) is 13.0. The zero-order chi connectivity index (χ0) is 55.5. The van der Waals surface area contributed by atoms with Gasteiger partial charge in [-0.05, 0) is 51.4 Å². The molecule has 0 amide bonds. The average Bonchev–Trinajstić information content (AvgIpc) is 3.39. The summed E-state index contributed by atoms with van der Waals surface area (Å²) in [6.07, 6.45) is 70.9. The molecular formula is C67H124NO8+. The van der Waals surface area contributed by atoms with Gasteiger partial charge in [0.15, 0.2) is 6.10 Å². The summed E-state index contributed by atoms with van der Waals surface area (Å²) >= 11 is 0. The number of quaternary nitrogens is 1. The van der Waals surface area contributed by atoms with Crippen molar-refractivity contribution in [1.29, 1.82) is 0 Å². The van der Waals surface area contributed by atoms with Crippen LogP contribution in [0.2, 0.25) is 0 Å². The third kappa shape index (κ3) is 58.9. The molecule has 0 aromatic carbocycles. The van der Waals surface area contributed by atoms with Crippen LogP contribution in [0.1, 0.15) is 303 Å². The highest BCUT2D eigenvalue weighted by Gasteiger charge is 2.25. The Morgan fingerprint density at radius 3 is 1.12 bits per heavy atom. The van der Waals surface area contributed by atoms with Crippen LogP contribution in [-0.2, 0) is 33.3 Å². The lowest BCUT2D eigenvalue weighted by Gasteiger charge is -2.25. The van der Waals surface area contributed by atoms with Crippen LogP contribution in [0.25, 0.3) is 0 Å². The summed E-state index contributed by atoms with van der Waals surface area (Å²) in [6, 6.07) is 0. The number of carbonyl (C=O) groups excluding carboxylic acids is 2. The molecule has 0 aromatic heterocycles. The Morgan fingerprint density at radius 2 is 0.750 bits per heavy atom. The lowest BCUT2D eigenvalue weighted by Crippen LogP contribution is -2.40. The molecule has 0 aliphatic heterocycles. The number of rotatable bonds is 60. The largest absolute Gasteiger partial charge is 0.477 e. The molecule has 2 unspecified atom stereocenters. The number of allylic oxidation sites excluding steroid dienone is 8. The topological polar surface area (TPSA) is 108 Å². The van der Waals surface area contributed by atoms with Gasteiger partial charge in [-0.25, -0.2) is 4.79 Å². The third-order valence-corrected chi connectivity index (χ3v) is 14.3. The fraction of sp³-hybridized carbons (Fsp3) is 0.836. The molecule has 0 radical (unpaired) electrons. The van der Waals surface area contributed by atoms with E-state index in [0.717, 1.165) is 64.2 Å². The van der Waals surface area contributed by atoms with Crippen molar-refractivity contribution in [2.75, 3.05) is 47.5 Å². The zero-order valence-electron chi connectivity index (χ0n) is 50.7. The van der Waals surface area contributed by atoms with E-state index < -0.39 is 18.4 Å². The van der Waals surface area contributed by atoms with E-state index in [0.29, 0.717) is 17.4 Å². The highest BCUT2D eigenvalue weighted by molar-refractivity contribution is 5.71. The predicted octanol–water partition coefficient (Wildman–Crippen LogP) is 19.4. The highest BCUT2D eigenvalue weighted by Crippen LogP contribution is 2.18. The average molecular weight is 1070 g/mol. The zero-order valence-corrected chi connectivity index (χ0v) is 50.7. The highest BCUT2D eigenvalue weighted by atomic mass is 16.7. The van der Waals surface area contributed by atoms with Gasteiger partial charge >= 0.3 is 17.9 Å². The maximum atomic E-state index is 12.9. The number of likely N-dealkylation sites (N-methyl/N-ethyl adjacent to an activating group) is 1. The van der Waals surface area contributed by atoms with Crippen LogP contribution in [0.4, 0.5) is 0 Å². The summed E-state index contributed by atoms with van der Waals surface area (Å²) < 4.78 is 22.9. The second kappa shape index (κ2) is 58.4. The Labute approximate surface area is 470 Å². The maximum Gasteiger partial charge on any atom is 0.361 e. The first-order valence-corrected chi connectivity index (χ1v) is 32.3. The van der Waals surface area contributed by atoms with E-state index in [-0.39, 0.29) is 38.2 Å². The predicted molar refractivity (Wildman–Crippen MR) is 323 cm³/mol. The number of hydrogen-bond donors (Lipinski definition) is 1. The Hall–Kier alpha value is -2.75. The lowest BCUT2D eigenvalue weighted by molar-refractivity contribution is -0.870.